The highest BCUT2D eigenvalue weighted by molar-refractivity contribution is 5.30. The number of methoxy groups -OCH3 is 1. The summed E-state index contributed by atoms with van der Waals surface area (Å²) in [6.45, 7) is 6.45. The monoisotopic (exact) mass is 274 g/mol. The van der Waals surface area contributed by atoms with Gasteiger partial charge in [0.05, 0.1) is 13.2 Å². The van der Waals surface area contributed by atoms with Crippen LogP contribution in [-0.2, 0) is 0 Å². The molecule has 3 nitrogen and oxygen atoms in total. The predicted molar refractivity (Wildman–Crippen MR) is 83.9 cm³/mol. The number of ether oxygens (including phenoxy) is 1. The molecule has 3 heteroatoms. The van der Waals surface area contributed by atoms with Crippen molar-refractivity contribution in [1.82, 2.24) is 4.90 Å². The second kappa shape index (κ2) is 6.91. The van der Waals surface area contributed by atoms with Gasteiger partial charge in [-0.2, -0.15) is 0 Å². The Bertz CT molecular complexity index is 453. The molecule has 0 bridgehead atoms. The van der Waals surface area contributed by atoms with Gasteiger partial charge >= 0.3 is 0 Å². The molecule has 1 heterocycles. The van der Waals surface area contributed by atoms with Crippen LogP contribution in [0.4, 0.5) is 0 Å². The average molecular weight is 274 g/mol. The van der Waals surface area contributed by atoms with Gasteiger partial charge in [-0.3, -0.25) is 4.90 Å². The molecule has 0 radical (unpaired) electrons. The van der Waals surface area contributed by atoms with Crippen LogP contribution in [0.15, 0.2) is 35.9 Å². The SMILES string of the molecule is CCC(N)C(c1ccc(OC)cc1)N1CC=C(C)CC1. The molecular weight excluding hydrogens is 248 g/mol. The Labute approximate surface area is 122 Å². The molecule has 1 aromatic carbocycles. The van der Waals surface area contributed by atoms with E-state index in [-0.39, 0.29) is 12.1 Å². The molecule has 1 aliphatic heterocycles. The fourth-order valence-electron chi connectivity index (χ4n) is 2.79. The highest BCUT2D eigenvalue weighted by Gasteiger charge is 2.26. The molecule has 0 amide bonds. The van der Waals surface area contributed by atoms with Crippen molar-refractivity contribution in [2.45, 2.75) is 38.8 Å². The predicted octanol–water partition coefficient (Wildman–Crippen LogP) is 3.13. The summed E-state index contributed by atoms with van der Waals surface area (Å²) in [5.41, 5.74) is 9.16. The van der Waals surface area contributed by atoms with E-state index in [2.05, 4.69) is 37.0 Å². The average Bonchev–Trinajstić information content (AvgIpc) is 2.50. The van der Waals surface area contributed by atoms with Gasteiger partial charge in [-0.05, 0) is 37.5 Å². The van der Waals surface area contributed by atoms with Crippen LogP contribution in [0, 0.1) is 0 Å². The van der Waals surface area contributed by atoms with Gasteiger partial charge in [0.2, 0.25) is 0 Å². The Hall–Kier alpha value is -1.32. The van der Waals surface area contributed by atoms with Crippen LogP contribution in [0.3, 0.4) is 0 Å². The van der Waals surface area contributed by atoms with Gasteiger partial charge in [0.25, 0.3) is 0 Å². The lowest BCUT2D eigenvalue weighted by Crippen LogP contribution is -2.42. The van der Waals surface area contributed by atoms with E-state index >= 15 is 0 Å². The minimum atomic E-state index is 0.162. The molecule has 0 saturated heterocycles. The van der Waals surface area contributed by atoms with Crippen LogP contribution in [-0.4, -0.2) is 31.1 Å². The Morgan fingerprint density at radius 2 is 2.00 bits per heavy atom. The Morgan fingerprint density at radius 3 is 2.50 bits per heavy atom. The van der Waals surface area contributed by atoms with Crippen molar-refractivity contribution in [2.24, 2.45) is 5.73 Å². The molecule has 0 saturated carbocycles. The Kier molecular flexibility index (Phi) is 5.21. The molecule has 0 fully saturated rings. The molecule has 0 aliphatic carbocycles. The topological polar surface area (TPSA) is 38.5 Å². The zero-order chi connectivity index (χ0) is 14.5. The van der Waals surface area contributed by atoms with Crippen molar-refractivity contribution in [3.05, 3.63) is 41.5 Å². The first-order chi connectivity index (χ1) is 9.65. The fraction of sp³-hybridized carbons (Fsp3) is 0.529. The first-order valence-corrected chi connectivity index (χ1v) is 7.45. The van der Waals surface area contributed by atoms with E-state index in [4.69, 9.17) is 10.5 Å². The molecule has 20 heavy (non-hydrogen) atoms. The number of benzene rings is 1. The first kappa shape index (κ1) is 15.1. The van der Waals surface area contributed by atoms with E-state index in [1.165, 1.54) is 11.1 Å². The maximum atomic E-state index is 6.39. The van der Waals surface area contributed by atoms with E-state index in [1.54, 1.807) is 7.11 Å². The molecule has 0 aromatic heterocycles. The van der Waals surface area contributed by atoms with Gasteiger partial charge in [-0.15, -0.1) is 0 Å². The molecule has 110 valence electrons. The van der Waals surface area contributed by atoms with E-state index in [0.29, 0.717) is 0 Å². The molecule has 2 atom stereocenters. The lowest BCUT2D eigenvalue weighted by atomic mass is 9.94. The maximum absolute atomic E-state index is 6.39. The number of rotatable bonds is 5. The van der Waals surface area contributed by atoms with Crippen LogP contribution in [0.2, 0.25) is 0 Å². The molecule has 2 N–H and O–H groups in total. The molecule has 1 aliphatic rings. The number of hydrogen-bond acceptors (Lipinski definition) is 3. The zero-order valence-electron chi connectivity index (χ0n) is 12.8. The minimum Gasteiger partial charge on any atom is -0.497 e. The van der Waals surface area contributed by atoms with Crippen molar-refractivity contribution < 1.29 is 4.74 Å². The Morgan fingerprint density at radius 1 is 1.30 bits per heavy atom. The van der Waals surface area contributed by atoms with Crippen molar-refractivity contribution in [3.63, 3.8) is 0 Å². The third kappa shape index (κ3) is 3.41. The van der Waals surface area contributed by atoms with E-state index in [0.717, 1.165) is 31.7 Å². The lowest BCUT2D eigenvalue weighted by Gasteiger charge is -2.37. The van der Waals surface area contributed by atoms with Crippen molar-refractivity contribution in [3.8, 4) is 5.75 Å². The summed E-state index contributed by atoms with van der Waals surface area (Å²) >= 11 is 0. The molecular formula is C17H26N2O. The highest BCUT2D eigenvalue weighted by Crippen LogP contribution is 2.29. The van der Waals surface area contributed by atoms with E-state index < -0.39 is 0 Å². The Balaban J connectivity index is 2.22. The second-order valence-electron chi connectivity index (χ2n) is 5.59. The van der Waals surface area contributed by atoms with Crippen LogP contribution in [0.5, 0.6) is 5.75 Å². The summed E-state index contributed by atoms with van der Waals surface area (Å²) in [4.78, 5) is 2.49. The van der Waals surface area contributed by atoms with Gasteiger partial charge in [-0.1, -0.05) is 30.7 Å². The van der Waals surface area contributed by atoms with Gasteiger partial charge in [-0.25, -0.2) is 0 Å². The zero-order valence-corrected chi connectivity index (χ0v) is 12.8. The van der Waals surface area contributed by atoms with Crippen molar-refractivity contribution >= 4 is 0 Å². The quantitative estimate of drug-likeness (QED) is 0.838. The minimum absolute atomic E-state index is 0.162. The maximum Gasteiger partial charge on any atom is 0.118 e. The van der Waals surface area contributed by atoms with Crippen LogP contribution in [0.25, 0.3) is 0 Å². The van der Waals surface area contributed by atoms with Crippen molar-refractivity contribution in [1.29, 1.82) is 0 Å². The van der Waals surface area contributed by atoms with Gasteiger partial charge < -0.3 is 10.5 Å². The third-order valence-corrected chi connectivity index (χ3v) is 4.20. The smallest absolute Gasteiger partial charge is 0.118 e. The summed E-state index contributed by atoms with van der Waals surface area (Å²) in [5, 5.41) is 0. The van der Waals surface area contributed by atoms with Gasteiger partial charge in [0, 0.05) is 19.1 Å². The van der Waals surface area contributed by atoms with Crippen LogP contribution < -0.4 is 10.5 Å². The molecule has 1 aromatic rings. The normalized spacial score (nSPS) is 19.3. The summed E-state index contributed by atoms with van der Waals surface area (Å²) < 4.78 is 5.24. The summed E-state index contributed by atoms with van der Waals surface area (Å²) in [5.74, 6) is 0.895. The number of hydrogen-bond donors (Lipinski definition) is 1. The molecule has 0 spiro atoms. The summed E-state index contributed by atoms with van der Waals surface area (Å²) in [6.07, 6.45) is 4.45. The first-order valence-electron chi connectivity index (χ1n) is 7.45. The largest absolute Gasteiger partial charge is 0.497 e. The summed E-state index contributed by atoms with van der Waals surface area (Å²) in [7, 11) is 1.70. The third-order valence-electron chi connectivity index (χ3n) is 4.20. The standard InChI is InChI=1S/C17H26N2O/c1-4-16(18)17(19-11-9-13(2)10-12-19)14-5-7-15(20-3)8-6-14/h5-9,16-17H,4,10-12,18H2,1-3H3. The van der Waals surface area contributed by atoms with Gasteiger partial charge in [0.1, 0.15) is 5.75 Å². The van der Waals surface area contributed by atoms with Crippen LogP contribution >= 0.6 is 0 Å². The number of nitrogens with two attached hydrogens (primary N) is 1. The number of nitrogens with zero attached hydrogens (tertiary/aromatic N) is 1. The van der Waals surface area contributed by atoms with Crippen LogP contribution in [0.1, 0.15) is 38.3 Å². The van der Waals surface area contributed by atoms with Gasteiger partial charge in [0.15, 0.2) is 0 Å². The van der Waals surface area contributed by atoms with E-state index in [1.807, 2.05) is 12.1 Å². The van der Waals surface area contributed by atoms with E-state index in [9.17, 15) is 0 Å². The fourth-order valence-corrected chi connectivity index (χ4v) is 2.79. The molecule has 2 rings (SSSR count). The molecule has 2 unspecified atom stereocenters. The summed E-state index contributed by atoms with van der Waals surface area (Å²) in [6, 6.07) is 8.78. The second-order valence-corrected chi connectivity index (χ2v) is 5.59. The van der Waals surface area contributed by atoms with Crippen molar-refractivity contribution in [2.75, 3.05) is 20.2 Å². The lowest BCUT2D eigenvalue weighted by molar-refractivity contribution is 0.182. The highest BCUT2D eigenvalue weighted by atomic mass is 16.5.